The van der Waals surface area contributed by atoms with E-state index in [1.165, 1.54) is 5.56 Å². The van der Waals surface area contributed by atoms with Crippen molar-refractivity contribution < 1.29 is 14.0 Å². The molecule has 3 heterocycles. The van der Waals surface area contributed by atoms with Gasteiger partial charge in [0.25, 0.3) is 5.91 Å². The molecule has 174 valence electrons. The SMILES string of the molecule is Cc1ccc(Cn2c(C(=O)N3CCN(C(=O)Cc4ccccc4)C(C)C3)cc3ccoc32)cc1. The van der Waals surface area contributed by atoms with E-state index in [9.17, 15) is 9.59 Å². The fraction of sp³-hybridized carbons (Fsp3) is 0.286. The fourth-order valence-electron chi connectivity index (χ4n) is 4.73. The van der Waals surface area contributed by atoms with Crippen molar-refractivity contribution in [3.8, 4) is 0 Å². The molecule has 0 aliphatic carbocycles. The highest BCUT2D eigenvalue weighted by atomic mass is 16.3. The standard InChI is InChI=1S/C28H29N3O3/c1-20-8-10-23(11-9-20)19-31-25(17-24-12-15-34-28(24)31)27(33)29-13-14-30(21(2)18-29)26(32)16-22-6-4-3-5-7-22/h3-12,15,17,21H,13-14,16,18-19H2,1-2H3. The van der Waals surface area contributed by atoms with Crippen LogP contribution in [0.15, 0.2) is 77.4 Å². The van der Waals surface area contributed by atoms with Crippen LogP contribution in [0.2, 0.25) is 0 Å². The molecule has 0 bridgehead atoms. The molecule has 2 aromatic carbocycles. The predicted octanol–water partition coefficient (Wildman–Crippen LogP) is 4.51. The molecule has 0 radical (unpaired) electrons. The number of fused-ring (bicyclic) bond motifs is 1. The summed E-state index contributed by atoms with van der Waals surface area (Å²) in [5.74, 6) is 0.0755. The van der Waals surface area contributed by atoms with Crippen LogP contribution >= 0.6 is 0 Å². The molecule has 6 nitrogen and oxygen atoms in total. The summed E-state index contributed by atoms with van der Waals surface area (Å²) >= 11 is 0. The number of amides is 2. The van der Waals surface area contributed by atoms with Gasteiger partial charge in [0.05, 0.1) is 19.2 Å². The van der Waals surface area contributed by atoms with Gasteiger partial charge in [0.15, 0.2) is 0 Å². The molecule has 34 heavy (non-hydrogen) atoms. The summed E-state index contributed by atoms with van der Waals surface area (Å²) in [6, 6.07) is 21.9. The molecule has 4 aromatic rings. The zero-order valence-electron chi connectivity index (χ0n) is 19.6. The van der Waals surface area contributed by atoms with Gasteiger partial charge in [-0.15, -0.1) is 0 Å². The summed E-state index contributed by atoms with van der Waals surface area (Å²) in [5, 5.41) is 0.917. The Morgan fingerprint density at radius 1 is 0.971 bits per heavy atom. The largest absolute Gasteiger partial charge is 0.448 e. The highest BCUT2D eigenvalue weighted by Gasteiger charge is 2.31. The first kappa shape index (κ1) is 22.0. The summed E-state index contributed by atoms with van der Waals surface area (Å²) in [4.78, 5) is 30.3. The van der Waals surface area contributed by atoms with Crippen LogP contribution in [-0.4, -0.2) is 51.9 Å². The highest BCUT2D eigenvalue weighted by Crippen LogP contribution is 2.25. The summed E-state index contributed by atoms with van der Waals surface area (Å²) in [6.45, 7) is 6.19. The molecule has 1 aliphatic heterocycles. The predicted molar refractivity (Wildman–Crippen MR) is 132 cm³/mol. The molecule has 1 fully saturated rings. The third-order valence-electron chi connectivity index (χ3n) is 6.62. The molecule has 5 rings (SSSR count). The van der Waals surface area contributed by atoms with Crippen molar-refractivity contribution >= 4 is 22.9 Å². The maximum atomic E-state index is 13.6. The van der Waals surface area contributed by atoms with Gasteiger partial charge in [0.2, 0.25) is 11.6 Å². The quantitative estimate of drug-likeness (QED) is 0.445. The number of hydrogen-bond acceptors (Lipinski definition) is 3. The van der Waals surface area contributed by atoms with Gasteiger partial charge in [-0.25, -0.2) is 0 Å². The van der Waals surface area contributed by atoms with Gasteiger partial charge >= 0.3 is 0 Å². The minimum atomic E-state index is -0.0441. The van der Waals surface area contributed by atoms with Crippen molar-refractivity contribution in [3.63, 3.8) is 0 Å². The molecule has 1 aliphatic rings. The van der Waals surface area contributed by atoms with E-state index in [1.807, 2.05) is 63.8 Å². The molecule has 2 amide bonds. The van der Waals surface area contributed by atoms with Crippen LogP contribution in [0.25, 0.3) is 11.1 Å². The number of nitrogens with zero attached hydrogens (tertiary/aromatic N) is 3. The van der Waals surface area contributed by atoms with Gasteiger partial charge in [-0.05, 0) is 37.1 Å². The number of aromatic nitrogens is 1. The van der Waals surface area contributed by atoms with E-state index in [0.717, 1.165) is 16.5 Å². The Morgan fingerprint density at radius 3 is 2.47 bits per heavy atom. The average molecular weight is 456 g/mol. The maximum Gasteiger partial charge on any atom is 0.270 e. The summed E-state index contributed by atoms with van der Waals surface area (Å²) in [6.07, 6.45) is 2.04. The van der Waals surface area contributed by atoms with Gasteiger partial charge in [-0.1, -0.05) is 60.2 Å². The van der Waals surface area contributed by atoms with Gasteiger partial charge in [0.1, 0.15) is 5.69 Å². The lowest BCUT2D eigenvalue weighted by Crippen LogP contribution is -2.56. The van der Waals surface area contributed by atoms with Gasteiger partial charge < -0.3 is 18.8 Å². The Labute approximate surface area is 199 Å². The van der Waals surface area contributed by atoms with E-state index in [-0.39, 0.29) is 17.9 Å². The first-order valence-electron chi connectivity index (χ1n) is 11.7. The molecule has 0 spiro atoms. The topological polar surface area (TPSA) is 58.7 Å². The highest BCUT2D eigenvalue weighted by molar-refractivity contribution is 5.98. The van der Waals surface area contributed by atoms with Crippen LogP contribution in [0, 0.1) is 6.92 Å². The molecule has 1 saturated heterocycles. The van der Waals surface area contributed by atoms with E-state index >= 15 is 0 Å². The Bertz CT molecular complexity index is 1300. The van der Waals surface area contributed by atoms with Crippen molar-refractivity contribution in [1.29, 1.82) is 0 Å². The zero-order chi connectivity index (χ0) is 23.7. The van der Waals surface area contributed by atoms with E-state index in [4.69, 9.17) is 4.42 Å². The van der Waals surface area contributed by atoms with Crippen molar-refractivity contribution in [1.82, 2.24) is 14.4 Å². The number of piperazine rings is 1. The first-order chi connectivity index (χ1) is 16.5. The van der Waals surface area contributed by atoms with Crippen LogP contribution in [0.4, 0.5) is 0 Å². The second kappa shape index (κ2) is 9.21. The summed E-state index contributed by atoms with van der Waals surface area (Å²) in [5.41, 5.74) is 4.64. The number of carbonyl (C=O) groups is 2. The first-order valence-corrected chi connectivity index (χ1v) is 11.7. The minimum Gasteiger partial charge on any atom is -0.448 e. The van der Waals surface area contributed by atoms with Crippen molar-refractivity contribution in [2.24, 2.45) is 0 Å². The number of rotatable bonds is 5. The van der Waals surface area contributed by atoms with Gasteiger partial charge in [-0.3, -0.25) is 9.59 Å². The number of carbonyl (C=O) groups excluding carboxylic acids is 2. The molecular weight excluding hydrogens is 426 g/mol. The Morgan fingerprint density at radius 2 is 1.74 bits per heavy atom. The lowest BCUT2D eigenvalue weighted by atomic mass is 10.1. The third kappa shape index (κ3) is 4.36. The number of benzene rings is 2. The Balaban J connectivity index is 1.32. The normalized spacial score (nSPS) is 16.2. The molecule has 2 aromatic heterocycles. The number of furan rings is 1. The molecular formula is C28H29N3O3. The maximum absolute atomic E-state index is 13.6. The molecule has 6 heteroatoms. The van der Waals surface area contributed by atoms with Crippen LogP contribution < -0.4 is 0 Å². The van der Waals surface area contributed by atoms with Crippen molar-refractivity contribution in [2.45, 2.75) is 32.9 Å². The second-order valence-corrected chi connectivity index (χ2v) is 9.13. The second-order valence-electron chi connectivity index (χ2n) is 9.13. The van der Waals surface area contributed by atoms with E-state index < -0.39 is 0 Å². The molecule has 0 saturated carbocycles. The Hall–Kier alpha value is -3.80. The van der Waals surface area contributed by atoms with Crippen LogP contribution in [0.1, 0.15) is 34.1 Å². The van der Waals surface area contributed by atoms with Gasteiger partial charge in [0, 0.05) is 31.1 Å². The molecule has 0 N–H and O–H groups in total. The van der Waals surface area contributed by atoms with Crippen LogP contribution in [-0.2, 0) is 17.8 Å². The van der Waals surface area contributed by atoms with Crippen molar-refractivity contribution in [3.05, 3.63) is 95.4 Å². The van der Waals surface area contributed by atoms with Crippen LogP contribution in [0.5, 0.6) is 0 Å². The van der Waals surface area contributed by atoms with E-state index in [1.54, 1.807) is 6.26 Å². The van der Waals surface area contributed by atoms with Crippen LogP contribution in [0.3, 0.4) is 0 Å². The number of aryl methyl sites for hydroxylation is 1. The fourth-order valence-corrected chi connectivity index (χ4v) is 4.73. The van der Waals surface area contributed by atoms with E-state index in [0.29, 0.717) is 44.0 Å². The third-order valence-corrected chi connectivity index (χ3v) is 6.62. The summed E-state index contributed by atoms with van der Waals surface area (Å²) in [7, 11) is 0. The average Bonchev–Trinajstić information content (AvgIpc) is 3.43. The monoisotopic (exact) mass is 455 g/mol. The lowest BCUT2D eigenvalue weighted by molar-refractivity contribution is -0.134. The van der Waals surface area contributed by atoms with E-state index in [2.05, 4.69) is 31.2 Å². The lowest BCUT2D eigenvalue weighted by Gasteiger charge is -2.40. The summed E-state index contributed by atoms with van der Waals surface area (Å²) < 4.78 is 7.69. The Kier molecular flexibility index (Phi) is 5.97. The minimum absolute atomic E-state index is 0.0273. The van der Waals surface area contributed by atoms with Gasteiger partial charge in [-0.2, -0.15) is 0 Å². The van der Waals surface area contributed by atoms with Crippen molar-refractivity contribution in [2.75, 3.05) is 19.6 Å². The zero-order valence-corrected chi connectivity index (χ0v) is 19.6. The smallest absolute Gasteiger partial charge is 0.270 e. The molecule has 1 atom stereocenters. The molecule has 1 unspecified atom stereocenters. The number of hydrogen-bond donors (Lipinski definition) is 0.